The Labute approximate surface area is 209 Å². The predicted octanol–water partition coefficient (Wildman–Crippen LogP) is 3.68. The van der Waals surface area contributed by atoms with Crippen molar-refractivity contribution in [1.29, 1.82) is 0 Å². The van der Waals surface area contributed by atoms with Gasteiger partial charge in [0.25, 0.3) is 5.56 Å². The summed E-state index contributed by atoms with van der Waals surface area (Å²) in [6, 6.07) is 1.01. The van der Waals surface area contributed by atoms with E-state index in [9.17, 15) is 37.5 Å². The molecule has 0 aliphatic rings. The number of carbonyl (C=O) groups excluding carboxylic acids is 2. The SMILES string of the molecule is CCOC(=O)c1ccn(CC(=O)NC(O[Si](C)C)(C(C)C)C(C(C)(C)C)C(F)(F)F)c(=O)c1C(=O)O. The van der Waals surface area contributed by atoms with Crippen LogP contribution in [0.4, 0.5) is 13.2 Å². The minimum absolute atomic E-state index is 0.0624. The molecule has 1 aromatic rings. The zero-order valence-electron chi connectivity index (χ0n) is 21.7. The van der Waals surface area contributed by atoms with Gasteiger partial charge in [-0.25, -0.2) is 9.59 Å². The lowest BCUT2D eigenvalue weighted by atomic mass is 9.70. The van der Waals surface area contributed by atoms with Gasteiger partial charge in [-0.3, -0.25) is 9.59 Å². The number of nitrogens with zero attached hydrogens (tertiary/aromatic N) is 1. The summed E-state index contributed by atoms with van der Waals surface area (Å²) in [5.74, 6) is -6.68. The Bertz CT molecular complexity index is 1020. The zero-order valence-corrected chi connectivity index (χ0v) is 22.7. The van der Waals surface area contributed by atoms with Gasteiger partial charge >= 0.3 is 18.1 Å². The smallest absolute Gasteiger partial charge is 0.396 e. The van der Waals surface area contributed by atoms with Gasteiger partial charge in [-0.15, -0.1) is 0 Å². The molecule has 0 fully saturated rings. The van der Waals surface area contributed by atoms with Gasteiger partial charge in [-0.05, 0) is 31.5 Å². The van der Waals surface area contributed by atoms with Crippen molar-refractivity contribution in [3.8, 4) is 0 Å². The van der Waals surface area contributed by atoms with Crippen molar-refractivity contribution in [3.05, 3.63) is 33.7 Å². The highest BCUT2D eigenvalue weighted by atomic mass is 28.3. The van der Waals surface area contributed by atoms with Gasteiger partial charge in [0.1, 0.15) is 23.8 Å². The van der Waals surface area contributed by atoms with Gasteiger partial charge in [0.05, 0.1) is 12.2 Å². The summed E-state index contributed by atoms with van der Waals surface area (Å²) >= 11 is 0. The summed E-state index contributed by atoms with van der Waals surface area (Å²) in [7, 11) is -1.77. The Morgan fingerprint density at radius 2 is 1.72 bits per heavy atom. The fourth-order valence-corrected chi connectivity index (χ4v) is 5.24. The number of amides is 1. The first-order valence-corrected chi connectivity index (χ1v) is 13.7. The van der Waals surface area contributed by atoms with Crippen LogP contribution in [0.1, 0.15) is 62.3 Å². The van der Waals surface area contributed by atoms with E-state index in [1.54, 1.807) is 13.1 Å². The quantitative estimate of drug-likeness (QED) is 0.266. The summed E-state index contributed by atoms with van der Waals surface area (Å²) < 4.78 is 54.6. The molecule has 0 aliphatic carbocycles. The lowest BCUT2D eigenvalue weighted by Crippen LogP contribution is -2.67. The summed E-state index contributed by atoms with van der Waals surface area (Å²) in [4.78, 5) is 49.6. The highest BCUT2D eigenvalue weighted by Crippen LogP contribution is 2.49. The van der Waals surface area contributed by atoms with Gasteiger partial charge < -0.3 is 24.2 Å². The van der Waals surface area contributed by atoms with Gasteiger partial charge in [-0.2, -0.15) is 13.2 Å². The first-order chi connectivity index (χ1) is 16.3. The molecule has 1 heterocycles. The Morgan fingerprint density at radius 1 is 1.17 bits per heavy atom. The molecule has 2 unspecified atom stereocenters. The number of halogens is 3. The van der Waals surface area contributed by atoms with Crippen LogP contribution >= 0.6 is 0 Å². The second kappa shape index (κ2) is 11.6. The van der Waals surface area contributed by atoms with E-state index in [4.69, 9.17) is 9.16 Å². The number of carboxylic acid groups (broad SMARTS) is 1. The number of ether oxygens (including phenoxy) is 1. The van der Waals surface area contributed by atoms with Crippen LogP contribution < -0.4 is 10.9 Å². The molecule has 0 spiro atoms. The van der Waals surface area contributed by atoms with Crippen LogP contribution in [0.2, 0.25) is 13.1 Å². The molecule has 0 aromatic carbocycles. The van der Waals surface area contributed by atoms with Gasteiger partial charge in [0.2, 0.25) is 14.9 Å². The van der Waals surface area contributed by atoms with E-state index in [-0.39, 0.29) is 6.61 Å². The Kier molecular flexibility index (Phi) is 10.1. The lowest BCUT2D eigenvalue weighted by Gasteiger charge is -2.50. The van der Waals surface area contributed by atoms with E-state index in [0.29, 0.717) is 4.57 Å². The highest BCUT2D eigenvalue weighted by Gasteiger charge is 2.61. The van der Waals surface area contributed by atoms with Crippen molar-refractivity contribution < 1.29 is 41.8 Å². The van der Waals surface area contributed by atoms with E-state index in [2.05, 4.69) is 5.32 Å². The number of hydrogen-bond donors (Lipinski definition) is 2. The number of aromatic carboxylic acids is 1. The molecule has 2 atom stereocenters. The lowest BCUT2D eigenvalue weighted by molar-refractivity contribution is -0.265. The summed E-state index contributed by atoms with van der Waals surface area (Å²) in [6.07, 6.45) is -3.74. The maximum Gasteiger partial charge on any atom is 0.396 e. The van der Waals surface area contributed by atoms with E-state index in [1.807, 2.05) is 0 Å². The number of esters is 1. The van der Waals surface area contributed by atoms with Crippen LogP contribution in [0.3, 0.4) is 0 Å². The monoisotopic (exact) mass is 535 g/mol. The Hall–Kier alpha value is -2.67. The maximum atomic E-state index is 14.4. The van der Waals surface area contributed by atoms with E-state index < -0.39 is 79.3 Å². The minimum atomic E-state index is -4.75. The van der Waals surface area contributed by atoms with Crippen molar-refractivity contribution in [2.24, 2.45) is 17.3 Å². The number of nitrogens with one attached hydrogen (secondary N) is 1. The van der Waals surface area contributed by atoms with Crippen molar-refractivity contribution in [1.82, 2.24) is 9.88 Å². The highest BCUT2D eigenvalue weighted by molar-refractivity contribution is 6.48. The van der Waals surface area contributed by atoms with Crippen LogP contribution in [0.15, 0.2) is 17.1 Å². The molecule has 1 amide bonds. The standard InChI is InChI=1S/C23H34F3N2O7Si/c1-9-34-19(33)14-10-11-28(17(30)16(14)18(31)32)12-15(29)27-22(13(2)3,35-36(7)8)20(21(4,5)6)23(24,25)26/h10-11,13,20H,9,12H2,1-8H3,(H,27,29)(H,31,32). The normalized spacial score (nSPS) is 14.9. The van der Waals surface area contributed by atoms with Gasteiger partial charge in [-0.1, -0.05) is 34.6 Å². The molecule has 0 saturated carbocycles. The third-order valence-electron chi connectivity index (χ3n) is 5.38. The van der Waals surface area contributed by atoms with Crippen molar-refractivity contribution in [2.45, 2.75) is 73.1 Å². The zero-order chi connectivity index (χ0) is 28.2. The number of pyridine rings is 1. The fourth-order valence-electron chi connectivity index (χ4n) is 4.16. The first-order valence-electron chi connectivity index (χ1n) is 11.3. The average molecular weight is 536 g/mol. The molecule has 9 nitrogen and oxygen atoms in total. The molecule has 1 aromatic heterocycles. The second-order valence-corrected chi connectivity index (χ2v) is 11.9. The minimum Gasteiger partial charge on any atom is -0.477 e. The van der Waals surface area contributed by atoms with Crippen molar-refractivity contribution in [2.75, 3.05) is 6.61 Å². The maximum absolute atomic E-state index is 14.4. The van der Waals surface area contributed by atoms with E-state index in [0.717, 1.165) is 12.3 Å². The van der Waals surface area contributed by atoms with Gasteiger partial charge in [0, 0.05) is 12.1 Å². The number of carbonyl (C=O) groups is 3. The average Bonchev–Trinajstić information content (AvgIpc) is 2.65. The number of alkyl halides is 3. The summed E-state index contributed by atoms with van der Waals surface area (Å²) in [5.41, 5.74) is -6.12. The third kappa shape index (κ3) is 7.18. The molecular weight excluding hydrogens is 501 g/mol. The molecule has 0 bridgehead atoms. The van der Waals surface area contributed by atoms with Gasteiger partial charge in [0.15, 0.2) is 0 Å². The molecule has 0 saturated heterocycles. The largest absolute Gasteiger partial charge is 0.477 e. The Balaban J connectivity index is 3.58. The number of aromatic nitrogens is 1. The molecule has 1 rings (SSSR count). The molecule has 203 valence electrons. The summed E-state index contributed by atoms with van der Waals surface area (Å²) in [5, 5.41) is 11.9. The summed E-state index contributed by atoms with van der Waals surface area (Å²) in [6.45, 7) is 11.1. The molecule has 13 heteroatoms. The van der Waals surface area contributed by atoms with Crippen LogP contribution in [-0.4, -0.2) is 55.1 Å². The predicted molar refractivity (Wildman–Crippen MR) is 127 cm³/mol. The third-order valence-corrected chi connectivity index (χ3v) is 6.12. The molecule has 1 radical (unpaired) electrons. The molecule has 2 N–H and O–H groups in total. The topological polar surface area (TPSA) is 124 Å². The fraction of sp³-hybridized carbons (Fsp3) is 0.652. The molecule has 36 heavy (non-hydrogen) atoms. The number of hydrogen-bond acceptors (Lipinski definition) is 6. The van der Waals surface area contributed by atoms with E-state index in [1.165, 1.54) is 41.5 Å². The second-order valence-electron chi connectivity index (χ2n) is 9.91. The number of carboxylic acids is 1. The molecular formula is C23H34F3N2O7Si. The van der Waals surface area contributed by atoms with Crippen LogP contribution in [-0.2, 0) is 20.5 Å². The van der Waals surface area contributed by atoms with Crippen LogP contribution in [0.25, 0.3) is 0 Å². The van der Waals surface area contributed by atoms with Crippen molar-refractivity contribution in [3.63, 3.8) is 0 Å². The Morgan fingerprint density at radius 3 is 2.11 bits per heavy atom. The van der Waals surface area contributed by atoms with Crippen LogP contribution in [0, 0.1) is 17.3 Å². The molecule has 0 aliphatic heterocycles. The number of rotatable bonds is 10. The van der Waals surface area contributed by atoms with E-state index >= 15 is 0 Å². The van der Waals surface area contributed by atoms with Crippen LogP contribution in [0.5, 0.6) is 0 Å². The van der Waals surface area contributed by atoms with Crippen molar-refractivity contribution >= 4 is 26.9 Å². The first kappa shape index (κ1) is 31.4.